The van der Waals surface area contributed by atoms with Gasteiger partial charge >= 0.3 is 53.7 Å². The summed E-state index contributed by atoms with van der Waals surface area (Å²) in [6.45, 7) is 29.4. The Balaban J connectivity index is -0.0000000530. The van der Waals surface area contributed by atoms with Gasteiger partial charge in [-0.1, -0.05) is 73.1 Å². The van der Waals surface area contributed by atoms with Crippen molar-refractivity contribution < 1.29 is 120 Å². The largest absolute Gasteiger partial charge is 0.478 e. The summed E-state index contributed by atoms with van der Waals surface area (Å²) >= 11 is 0. The predicted molar refractivity (Wildman–Crippen MR) is 228 cm³/mol. The molecular weight excluding hydrogens is 852 g/mol. The molecular formula is C39H64O24. The lowest BCUT2D eigenvalue weighted by Crippen LogP contribution is -2.32. The van der Waals surface area contributed by atoms with E-state index in [4.69, 9.17) is 76.6 Å². The van der Waals surface area contributed by atoms with Crippen molar-refractivity contribution in [3.63, 3.8) is 0 Å². The SMILES string of the molecule is C=CC(=O)O.C=CC(=O)O.C=CC(=O)O.C=CC(=O)O.C=CC(=O)O.C=CC(=O)O.C=CC(=O)O.C=CC(=O)O.C=CC(=O)O.CCC(CO)(CO)CO.CCC(CO)(CO)CO. The molecule has 0 heterocycles. The van der Waals surface area contributed by atoms with Gasteiger partial charge in [0.1, 0.15) is 0 Å². The van der Waals surface area contributed by atoms with Crippen molar-refractivity contribution in [2.45, 2.75) is 26.7 Å². The predicted octanol–water partition coefficient (Wildman–Crippen LogP) is 1.03. The van der Waals surface area contributed by atoms with Crippen LogP contribution in [0.3, 0.4) is 0 Å². The number of carboxylic acids is 9. The van der Waals surface area contributed by atoms with Crippen LogP contribution >= 0.6 is 0 Å². The van der Waals surface area contributed by atoms with Gasteiger partial charge in [0.25, 0.3) is 0 Å². The molecule has 0 aliphatic carbocycles. The Morgan fingerprint density at radius 1 is 0.286 bits per heavy atom. The number of hydrogen-bond donors (Lipinski definition) is 15. The Labute approximate surface area is 364 Å². The number of rotatable bonds is 17. The average molecular weight is 917 g/mol. The first kappa shape index (κ1) is 83.4. The molecule has 0 aromatic rings. The molecule has 364 valence electrons. The van der Waals surface area contributed by atoms with Crippen molar-refractivity contribution in [3.05, 3.63) is 114 Å². The highest BCUT2D eigenvalue weighted by molar-refractivity contribution is 5.81. The maximum atomic E-state index is 9.25. The molecule has 0 aliphatic rings. The molecule has 0 amide bonds. The van der Waals surface area contributed by atoms with E-state index in [-0.39, 0.29) is 39.6 Å². The summed E-state index contributed by atoms with van der Waals surface area (Å²) in [6.07, 6.45) is 8.69. The Hall–Kier alpha value is -7.35. The minimum atomic E-state index is -0.981. The molecule has 0 aromatic carbocycles. The fourth-order valence-corrected chi connectivity index (χ4v) is 0.971. The lowest BCUT2D eigenvalue weighted by atomic mass is 9.88. The average Bonchev–Trinajstić information content (AvgIpc) is 3.27. The maximum absolute atomic E-state index is 9.25. The molecule has 0 rings (SSSR count). The topological polar surface area (TPSA) is 457 Å². The van der Waals surface area contributed by atoms with E-state index < -0.39 is 64.6 Å². The Bertz CT molecular complexity index is 1030. The molecule has 0 saturated carbocycles. The van der Waals surface area contributed by atoms with Crippen molar-refractivity contribution in [1.82, 2.24) is 0 Å². The van der Waals surface area contributed by atoms with Gasteiger partial charge in [0.05, 0.1) is 39.6 Å². The quantitative estimate of drug-likeness (QED) is 0.0906. The minimum absolute atomic E-state index is 0.156. The third kappa shape index (κ3) is 126. The number of hydrogen-bond acceptors (Lipinski definition) is 15. The summed E-state index contributed by atoms with van der Waals surface area (Å²) in [5.41, 5.74) is -1.33. The second-order valence-electron chi connectivity index (χ2n) is 9.54. The summed E-state index contributed by atoms with van der Waals surface area (Å²) in [5.74, 6) is -8.83. The highest BCUT2D eigenvalue weighted by Gasteiger charge is 2.25. The molecule has 0 unspecified atom stereocenters. The van der Waals surface area contributed by atoms with Crippen LogP contribution in [-0.2, 0) is 43.2 Å². The van der Waals surface area contributed by atoms with Gasteiger partial charge < -0.3 is 76.6 Å². The Kier molecular flexibility index (Phi) is 87.9. The van der Waals surface area contributed by atoms with E-state index in [1.165, 1.54) is 0 Å². The number of carboxylic acid groups (broad SMARTS) is 9. The lowest BCUT2D eigenvalue weighted by molar-refractivity contribution is -0.132. The zero-order valence-corrected chi connectivity index (χ0v) is 35.1. The molecule has 0 aromatic heterocycles. The van der Waals surface area contributed by atoms with E-state index in [1.54, 1.807) is 0 Å². The first-order valence-corrected chi connectivity index (χ1v) is 16.3. The molecule has 0 atom stereocenters. The first-order chi connectivity index (χ1) is 28.9. The summed E-state index contributed by atoms with van der Waals surface area (Å²) in [6, 6.07) is 0. The van der Waals surface area contributed by atoms with Gasteiger partial charge in [-0.3, -0.25) is 0 Å². The van der Waals surface area contributed by atoms with Crippen molar-refractivity contribution in [3.8, 4) is 0 Å². The molecule has 0 spiro atoms. The van der Waals surface area contributed by atoms with Crippen molar-refractivity contribution >= 4 is 53.7 Å². The van der Waals surface area contributed by atoms with Gasteiger partial charge in [-0.15, -0.1) is 0 Å². The second kappa shape index (κ2) is 66.5. The highest BCUT2D eigenvalue weighted by Crippen LogP contribution is 2.18. The summed E-state index contributed by atoms with van der Waals surface area (Å²) in [7, 11) is 0. The van der Waals surface area contributed by atoms with Gasteiger partial charge in [-0.25, -0.2) is 43.2 Å². The molecule has 0 saturated heterocycles. The molecule has 24 heteroatoms. The van der Waals surface area contributed by atoms with Crippen molar-refractivity contribution in [2.75, 3.05) is 39.6 Å². The van der Waals surface area contributed by atoms with Crippen molar-refractivity contribution in [2.24, 2.45) is 10.8 Å². The number of aliphatic hydroxyl groups excluding tert-OH is 6. The van der Waals surface area contributed by atoms with Crippen LogP contribution in [0.15, 0.2) is 114 Å². The van der Waals surface area contributed by atoms with Gasteiger partial charge in [-0.2, -0.15) is 0 Å². The number of aliphatic carboxylic acids is 9. The van der Waals surface area contributed by atoms with Crippen LogP contribution in [0.4, 0.5) is 0 Å². The van der Waals surface area contributed by atoms with Crippen LogP contribution in [0.2, 0.25) is 0 Å². The van der Waals surface area contributed by atoms with E-state index >= 15 is 0 Å². The third-order valence-corrected chi connectivity index (χ3v) is 5.08. The molecule has 24 nitrogen and oxygen atoms in total. The van der Waals surface area contributed by atoms with Crippen LogP contribution in [0.25, 0.3) is 0 Å². The summed E-state index contributed by atoms with van der Waals surface area (Å²) in [4.78, 5) is 83.2. The Morgan fingerprint density at radius 2 is 0.349 bits per heavy atom. The highest BCUT2D eigenvalue weighted by atomic mass is 16.4. The number of aliphatic hydroxyl groups is 6. The molecule has 0 aliphatic heterocycles. The summed E-state index contributed by atoms with van der Waals surface area (Å²) < 4.78 is 0. The van der Waals surface area contributed by atoms with E-state index in [1.807, 2.05) is 13.8 Å². The van der Waals surface area contributed by atoms with Gasteiger partial charge in [0.2, 0.25) is 0 Å². The number of carbonyl (C=O) groups is 9. The van der Waals surface area contributed by atoms with Crippen LogP contribution in [0.1, 0.15) is 26.7 Å². The minimum Gasteiger partial charge on any atom is -0.478 e. The second-order valence-corrected chi connectivity index (χ2v) is 9.54. The lowest BCUT2D eigenvalue weighted by Gasteiger charge is -2.24. The van der Waals surface area contributed by atoms with E-state index in [2.05, 4.69) is 59.2 Å². The zero-order valence-electron chi connectivity index (χ0n) is 35.1. The van der Waals surface area contributed by atoms with Gasteiger partial charge in [0.15, 0.2) is 0 Å². The zero-order chi connectivity index (χ0) is 53.2. The first-order valence-electron chi connectivity index (χ1n) is 16.3. The summed E-state index contributed by atoms with van der Waals surface area (Å²) in [5, 5.41) is 120. The third-order valence-electron chi connectivity index (χ3n) is 5.08. The van der Waals surface area contributed by atoms with Gasteiger partial charge in [-0.05, 0) is 12.8 Å². The fourth-order valence-electron chi connectivity index (χ4n) is 0.971. The molecule has 63 heavy (non-hydrogen) atoms. The monoisotopic (exact) mass is 916 g/mol. The van der Waals surface area contributed by atoms with Crippen LogP contribution in [0, 0.1) is 10.8 Å². The van der Waals surface area contributed by atoms with Crippen molar-refractivity contribution in [1.29, 1.82) is 0 Å². The van der Waals surface area contributed by atoms with E-state index in [0.717, 1.165) is 54.7 Å². The van der Waals surface area contributed by atoms with Crippen LogP contribution in [0.5, 0.6) is 0 Å². The standard InChI is InChI=1S/2C6H14O3.9C3H4O2/c2*1-2-6(3-7,4-8)5-9;9*1-2-3(4)5/h2*7-9H,2-5H2,1H3;9*2H,1H2,(H,4,5). The molecule has 0 fully saturated rings. The van der Waals surface area contributed by atoms with Gasteiger partial charge in [0, 0.05) is 65.5 Å². The van der Waals surface area contributed by atoms with Crippen LogP contribution in [-0.4, -0.2) is 170 Å². The normalized spacial score (nSPS) is 8.00. The molecule has 0 radical (unpaired) electrons. The van der Waals surface area contributed by atoms with Crippen LogP contribution < -0.4 is 0 Å². The molecule has 15 N–H and O–H groups in total. The Morgan fingerprint density at radius 3 is 0.349 bits per heavy atom. The maximum Gasteiger partial charge on any atom is 0.327 e. The fraction of sp³-hybridized carbons (Fsp3) is 0.308. The smallest absolute Gasteiger partial charge is 0.327 e. The molecule has 0 bridgehead atoms. The van der Waals surface area contributed by atoms with E-state index in [0.29, 0.717) is 12.8 Å². The van der Waals surface area contributed by atoms with E-state index in [9.17, 15) is 43.2 Å².